The van der Waals surface area contributed by atoms with Crippen LogP contribution in [0.15, 0.2) is 85.5 Å². The number of rotatable bonds is 14. The van der Waals surface area contributed by atoms with Gasteiger partial charge in [-0.1, -0.05) is 78.9 Å². The predicted octanol–water partition coefficient (Wildman–Crippen LogP) is 5.49. The second kappa shape index (κ2) is 13.5. The normalized spacial score (nSPS) is 11.5. The molecule has 0 aliphatic rings. The summed E-state index contributed by atoms with van der Waals surface area (Å²) in [6.07, 6.45) is 7.31. The summed E-state index contributed by atoms with van der Waals surface area (Å²) in [5.41, 5.74) is 2.04. The summed E-state index contributed by atoms with van der Waals surface area (Å²) < 4.78 is 17.2. The number of benzene rings is 2. The van der Waals surface area contributed by atoms with Gasteiger partial charge in [0, 0.05) is 12.3 Å². The van der Waals surface area contributed by atoms with Gasteiger partial charge in [0.25, 0.3) is 0 Å². The second-order valence-electron chi connectivity index (χ2n) is 7.43. The quantitative estimate of drug-likeness (QED) is 0.306. The van der Waals surface area contributed by atoms with Crippen molar-refractivity contribution in [2.75, 3.05) is 19.8 Å². The lowest BCUT2D eigenvalue weighted by atomic mass is 9.82. The summed E-state index contributed by atoms with van der Waals surface area (Å²) in [4.78, 5) is 10.9. The third-order valence-corrected chi connectivity index (χ3v) is 4.72. The van der Waals surface area contributed by atoms with Gasteiger partial charge in [-0.25, -0.2) is 0 Å². The van der Waals surface area contributed by atoms with E-state index in [1.807, 2.05) is 54.6 Å². The van der Waals surface area contributed by atoms with E-state index in [0.29, 0.717) is 26.4 Å². The molecule has 0 amide bonds. The first-order chi connectivity index (χ1) is 14.6. The van der Waals surface area contributed by atoms with Crippen molar-refractivity contribution in [2.24, 2.45) is 5.41 Å². The third kappa shape index (κ3) is 9.21. The highest BCUT2D eigenvalue weighted by molar-refractivity contribution is 5.65. The van der Waals surface area contributed by atoms with E-state index in [0.717, 1.165) is 24.0 Å². The van der Waals surface area contributed by atoms with E-state index >= 15 is 0 Å². The Bertz CT molecular complexity index is 723. The number of esters is 1. The lowest BCUT2D eigenvalue weighted by Gasteiger charge is -2.31. The zero-order chi connectivity index (χ0) is 21.5. The number of hydrogen-bond donors (Lipinski definition) is 0. The molecule has 0 radical (unpaired) electrons. The largest absolute Gasteiger partial charge is 0.462 e. The molecule has 2 rings (SSSR count). The number of carbonyl (C=O) groups excluding carboxylic acids is 1. The SMILES string of the molecule is C=CCC(C/C=C/COC(C)=O)(COCc1ccccc1)COCc1ccccc1. The van der Waals surface area contributed by atoms with Crippen LogP contribution in [0.5, 0.6) is 0 Å². The molecule has 160 valence electrons. The minimum absolute atomic E-state index is 0.238. The van der Waals surface area contributed by atoms with Crippen LogP contribution in [-0.2, 0) is 32.2 Å². The van der Waals surface area contributed by atoms with Crippen molar-refractivity contribution >= 4 is 5.97 Å². The fourth-order valence-electron chi connectivity index (χ4n) is 3.15. The van der Waals surface area contributed by atoms with Gasteiger partial charge in [-0.2, -0.15) is 0 Å². The number of hydrogen-bond acceptors (Lipinski definition) is 4. The summed E-state index contributed by atoms with van der Waals surface area (Å²) in [7, 11) is 0. The van der Waals surface area contributed by atoms with E-state index in [9.17, 15) is 4.79 Å². The van der Waals surface area contributed by atoms with Gasteiger partial charge in [0.1, 0.15) is 6.61 Å². The molecule has 0 atom stereocenters. The Morgan fingerprint density at radius 3 is 1.87 bits per heavy atom. The smallest absolute Gasteiger partial charge is 0.302 e. The lowest BCUT2D eigenvalue weighted by Crippen LogP contribution is -2.31. The zero-order valence-corrected chi connectivity index (χ0v) is 17.8. The molecule has 2 aromatic carbocycles. The predicted molar refractivity (Wildman–Crippen MR) is 120 cm³/mol. The van der Waals surface area contributed by atoms with Crippen LogP contribution in [-0.4, -0.2) is 25.8 Å². The Balaban J connectivity index is 1.99. The van der Waals surface area contributed by atoms with Crippen molar-refractivity contribution in [1.29, 1.82) is 0 Å². The maximum absolute atomic E-state index is 10.9. The van der Waals surface area contributed by atoms with Gasteiger partial charge >= 0.3 is 5.97 Å². The van der Waals surface area contributed by atoms with Crippen molar-refractivity contribution in [2.45, 2.75) is 33.0 Å². The van der Waals surface area contributed by atoms with Crippen LogP contribution in [0.1, 0.15) is 30.9 Å². The van der Waals surface area contributed by atoms with Crippen LogP contribution in [0.3, 0.4) is 0 Å². The number of carbonyl (C=O) groups is 1. The molecule has 0 fully saturated rings. The van der Waals surface area contributed by atoms with Gasteiger partial charge in [-0.3, -0.25) is 4.79 Å². The molecule has 0 aliphatic carbocycles. The van der Waals surface area contributed by atoms with Crippen LogP contribution in [0.4, 0.5) is 0 Å². The molecule has 0 N–H and O–H groups in total. The first-order valence-corrected chi connectivity index (χ1v) is 10.3. The van der Waals surface area contributed by atoms with Crippen molar-refractivity contribution in [3.8, 4) is 0 Å². The Hall–Kier alpha value is -2.69. The monoisotopic (exact) mass is 408 g/mol. The highest BCUT2D eigenvalue weighted by atomic mass is 16.5. The van der Waals surface area contributed by atoms with Crippen LogP contribution < -0.4 is 0 Å². The molecule has 0 spiro atoms. The Morgan fingerprint density at radius 1 is 0.867 bits per heavy atom. The maximum Gasteiger partial charge on any atom is 0.302 e. The van der Waals surface area contributed by atoms with Gasteiger partial charge in [-0.05, 0) is 24.0 Å². The van der Waals surface area contributed by atoms with Crippen molar-refractivity contribution in [1.82, 2.24) is 0 Å². The van der Waals surface area contributed by atoms with E-state index in [4.69, 9.17) is 14.2 Å². The first kappa shape index (κ1) is 23.6. The first-order valence-electron chi connectivity index (χ1n) is 10.3. The average molecular weight is 409 g/mol. The molecule has 0 unspecified atom stereocenters. The minimum Gasteiger partial charge on any atom is -0.462 e. The third-order valence-electron chi connectivity index (χ3n) is 4.72. The summed E-state index contributed by atoms with van der Waals surface area (Å²) in [6, 6.07) is 20.3. The van der Waals surface area contributed by atoms with Crippen LogP contribution >= 0.6 is 0 Å². The maximum atomic E-state index is 10.9. The highest BCUT2D eigenvalue weighted by Crippen LogP contribution is 2.30. The molecule has 0 aromatic heterocycles. The molecule has 0 heterocycles. The van der Waals surface area contributed by atoms with E-state index in [1.54, 1.807) is 0 Å². The highest BCUT2D eigenvalue weighted by Gasteiger charge is 2.29. The molecule has 0 bridgehead atoms. The molecule has 30 heavy (non-hydrogen) atoms. The fourth-order valence-corrected chi connectivity index (χ4v) is 3.15. The Morgan fingerprint density at radius 2 is 1.40 bits per heavy atom. The van der Waals surface area contributed by atoms with E-state index in [1.165, 1.54) is 6.92 Å². The Labute approximate surface area is 180 Å². The molecule has 4 heteroatoms. The number of ether oxygens (including phenoxy) is 3. The molecular weight excluding hydrogens is 376 g/mol. The van der Waals surface area contributed by atoms with Crippen molar-refractivity contribution in [3.05, 3.63) is 96.6 Å². The Kier molecular flexibility index (Phi) is 10.6. The summed E-state index contributed by atoms with van der Waals surface area (Å²) in [5.74, 6) is -0.283. The standard InChI is InChI=1S/C26H32O4/c1-3-16-26(17-10-11-18-30-23(2)27,21-28-19-24-12-6-4-7-13-24)22-29-20-25-14-8-5-9-15-25/h3-15H,1,16-22H2,2H3/b11-10+. The second-order valence-corrected chi connectivity index (χ2v) is 7.43. The van der Waals surface area contributed by atoms with Crippen LogP contribution in [0.2, 0.25) is 0 Å². The van der Waals surface area contributed by atoms with Crippen molar-refractivity contribution < 1.29 is 19.0 Å². The molecule has 0 aliphatic heterocycles. The summed E-state index contributed by atoms with van der Waals surface area (Å²) in [5, 5.41) is 0. The summed E-state index contributed by atoms with van der Waals surface area (Å²) in [6.45, 7) is 7.81. The molecule has 4 nitrogen and oxygen atoms in total. The van der Waals surface area contributed by atoms with E-state index < -0.39 is 0 Å². The topological polar surface area (TPSA) is 44.8 Å². The minimum atomic E-state index is -0.283. The molecule has 0 saturated heterocycles. The van der Waals surface area contributed by atoms with E-state index in [-0.39, 0.29) is 18.0 Å². The van der Waals surface area contributed by atoms with Crippen LogP contribution in [0, 0.1) is 5.41 Å². The van der Waals surface area contributed by atoms with E-state index in [2.05, 4.69) is 30.8 Å². The summed E-state index contributed by atoms with van der Waals surface area (Å²) >= 11 is 0. The lowest BCUT2D eigenvalue weighted by molar-refractivity contribution is -0.139. The van der Waals surface area contributed by atoms with Crippen LogP contribution in [0.25, 0.3) is 0 Å². The number of allylic oxidation sites excluding steroid dienone is 2. The zero-order valence-electron chi connectivity index (χ0n) is 17.8. The van der Waals surface area contributed by atoms with Crippen molar-refractivity contribution in [3.63, 3.8) is 0 Å². The van der Waals surface area contributed by atoms with Gasteiger partial charge in [0.2, 0.25) is 0 Å². The fraction of sp³-hybridized carbons (Fsp3) is 0.346. The van der Waals surface area contributed by atoms with Gasteiger partial charge in [0.05, 0.1) is 26.4 Å². The molecular formula is C26H32O4. The molecule has 0 saturated carbocycles. The average Bonchev–Trinajstić information content (AvgIpc) is 2.75. The molecule has 2 aromatic rings. The van der Waals surface area contributed by atoms with Gasteiger partial charge in [-0.15, -0.1) is 6.58 Å². The van der Waals surface area contributed by atoms with Gasteiger partial charge < -0.3 is 14.2 Å². The van der Waals surface area contributed by atoms with Gasteiger partial charge in [0.15, 0.2) is 0 Å².